The lowest BCUT2D eigenvalue weighted by Gasteiger charge is -2.36. The highest BCUT2D eigenvalue weighted by Gasteiger charge is 2.27. The van der Waals surface area contributed by atoms with Crippen molar-refractivity contribution < 1.29 is 13.2 Å². The quantitative estimate of drug-likeness (QED) is 0.585. The second kappa shape index (κ2) is 11.3. The second-order valence-electron chi connectivity index (χ2n) is 8.93. The highest BCUT2D eigenvalue weighted by atomic mass is 32.2. The smallest absolute Gasteiger partial charge is 0.221 e. The van der Waals surface area contributed by atoms with Crippen LogP contribution in [-0.4, -0.2) is 75.1 Å². The molecule has 31 heavy (non-hydrogen) atoms. The van der Waals surface area contributed by atoms with E-state index in [0.29, 0.717) is 6.54 Å². The summed E-state index contributed by atoms with van der Waals surface area (Å²) in [5.74, 6) is -0.0557. The number of carbonyl (C=O) groups excluding carboxylic acids is 1. The number of rotatable bonds is 9. The fourth-order valence-electron chi connectivity index (χ4n) is 4.80. The first kappa shape index (κ1) is 24.0. The van der Waals surface area contributed by atoms with E-state index in [-0.39, 0.29) is 11.9 Å². The Morgan fingerprint density at radius 3 is 2.45 bits per heavy atom. The molecule has 0 unspecified atom stereocenters. The molecule has 0 spiro atoms. The van der Waals surface area contributed by atoms with E-state index in [4.69, 9.17) is 0 Å². The Kier molecular flexibility index (Phi) is 8.75. The molecule has 1 N–H and O–H groups in total. The predicted molar refractivity (Wildman–Crippen MR) is 127 cm³/mol. The zero-order valence-corrected chi connectivity index (χ0v) is 19.9. The molecule has 0 aromatic heterocycles. The third-order valence-corrected chi connectivity index (χ3v) is 7.75. The number of piperazine rings is 1. The van der Waals surface area contributed by atoms with Crippen molar-refractivity contribution in [2.45, 2.75) is 57.9 Å². The first-order valence-corrected chi connectivity index (χ1v) is 13.5. The number of unbranched alkanes of at least 4 members (excludes halogenated alkanes) is 1. The van der Waals surface area contributed by atoms with E-state index in [9.17, 15) is 13.2 Å². The number of amides is 1. The van der Waals surface area contributed by atoms with E-state index >= 15 is 0 Å². The summed E-state index contributed by atoms with van der Waals surface area (Å²) in [4.78, 5) is 16.1. The van der Waals surface area contributed by atoms with Gasteiger partial charge in [-0.1, -0.05) is 25.3 Å². The Morgan fingerprint density at radius 1 is 1.10 bits per heavy atom. The van der Waals surface area contributed by atoms with Gasteiger partial charge in [0.2, 0.25) is 15.9 Å². The number of nitrogens with one attached hydrogen (secondary N) is 1. The Bertz CT molecular complexity index is 816. The minimum absolute atomic E-state index is 0.0557. The molecule has 2 fully saturated rings. The predicted octanol–water partition coefficient (Wildman–Crippen LogP) is 3.14. The summed E-state index contributed by atoms with van der Waals surface area (Å²) in [7, 11) is -3.13. The number of nitrogens with zero attached hydrogens (tertiary/aromatic N) is 3. The SMILES string of the molecule is CC(=O)Nc1cccc(N2CCN(CCCCN(C3CCCCC3)S(C)(=O)=O)CC2)c1. The van der Waals surface area contributed by atoms with Gasteiger partial charge in [-0.2, -0.15) is 4.31 Å². The molecule has 1 saturated carbocycles. The molecule has 0 atom stereocenters. The van der Waals surface area contributed by atoms with Crippen LogP contribution in [0.1, 0.15) is 51.9 Å². The lowest BCUT2D eigenvalue weighted by atomic mass is 9.95. The van der Waals surface area contributed by atoms with Crippen LogP contribution >= 0.6 is 0 Å². The van der Waals surface area contributed by atoms with Crippen molar-refractivity contribution in [3.63, 3.8) is 0 Å². The summed E-state index contributed by atoms with van der Waals surface area (Å²) in [5.41, 5.74) is 1.98. The van der Waals surface area contributed by atoms with Crippen molar-refractivity contribution in [1.29, 1.82) is 0 Å². The van der Waals surface area contributed by atoms with Crippen molar-refractivity contribution in [3.8, 4) is 0 Å². The van der Waals surface area contributed by atoms with Gasteiger partial charge in [-0.25, -0.2) is 8.42 Å². The average Bonchev–Trinajstić information content (AvgIpc) is 2.73. The van der Waals surface area contributed by atoms with Crippen molar-refractivity contribution in [2.75, 3.05) is 55.7 Å². The molecule has 0 radical (unpaired) electrons. The minimum Gasteiger partial charge on any atom is -0.369 e. The lowest BCUT2D eigenvalue weighted by Crippen LogP contribution is -2.46. The number of hydrogen-bond donors (Lipinski definition) is 1. The monoisotopic (exact) mass is 450 g/mol. The molecule has 1 aromatic rings. The highest BCUT2D eigenvalue weighted by molar-refractivity contribution is 7.88. The topological polar surface area (TPSA) is 73.0 Å². The number of sulfonamides is 1. The third-order valence-electron chi connectivity index (χ3n) is 6.41. The summed E-state index contributed by atoms with van der Waals surface area (Å²) >= 11 is 0. The Hall–Kier alpha value is -1.64. The number of benzene rings is 1. The molecule has 1 saturated heterocycles. The summed E-state index contributed by atoms with van der Waals surface area (Å²) in [6, 6.07) is 8.22. The van der Waals surface area contributed by atoms with E-state index in [0.717, 1.165) is 82.6 Å². The van der Waals surface area contributed by atoms with Crippen LogP contribution in [0.15, 0.2) is 24.3 Å². The van der Waals surface area contributed by atoms with Crippen LogP contribution < -0.4 is 10.2 Å². The Balaban J connectivity index is 1.40. The minimum atomic E-state index is -3.13. The zero-order valence-electron chi connectivity index (χ0n) is 19.1. The molecule has 3 rings (SSSR count). The summed E-state index contributed by atoms with van der Waals surface area (Å²) < 4.78 is 26.3. The van der Waals surface area contributed by atoms with E-state index in [1.54, 1.807) is 4.31 Å². The van der Waals surface area contributed by atoms with E-state index in [1.807, 2.05) is 18.2 Å². The van der Waals surface area contributed by atoms with Crippen LogP contribution in [0.4, 0.5) is 11.4 Å². The van der Waals surface area contributed by atoms with Gasteiger partial charge < -0.3 is 10.2 Å². The summed E-state index contributed by atoms with van der Waals surface area (Å²) in [6.07, 6.45) is 8.86. The van der Waals surface area contributed by atoms with E-state index in [1.165, 1.54) is 19.6 Å². The highest BCUT2D eigenvalue weighted by Crippen LogP contribution is 2.25. The number of anilines is 2. The standard InChI is InChI=1S/C23H38N4O3S/c1-20(28)24-21-9-8-12-23(19-21)26-17-15-25(16-18-26)13-6-7-14-27(31(2,29)30)22-10-4-3-5-11-22/h8-9,12,19,22H,3-7,10-11,13-18H2,1-2H3,(H,24,28). The van der Waals surface area contributed by atoms with Crippen LogP contribution in [0.5, 0.6) is 0 Å². The molecule has 1 aliphatic carbocycles. The van der Waals surface area contributed by atoms with Crippen molar-refractivity contribution >= 4 is 27.3 Å². The normalized spacial score (nSPS) is 19.0. The molecule has 2 aliphatic rings. The molecule has 8 heteroatoms. The lowest BCUT2D eigenvalue weighted by molar-refractivity contribution is -0.114. The molecule has 174 valence electrons. The zero-order chi connectivity index (χ0) is 22.3. The Morgan fingerprint density at radius 2 is 1.81 bits per heavy atom. The second-order valence-corrected chi connectivity index (χ2v) is 10.9. The van der Waals surface area contributed by atoms with Crippen LogP contribution in [0.3, 0.4) is 0 Å². The summed E-state index contributed by atoms with van der Waals surface area (Å²) in [5, 5.41) is 2.85. The first-order valence-electron chi connectivity index (χ1n) is 11.6. The van der Waals surface area contributed by atoms with Crippen molar-refractivity contribution in [2.24, 2.45) is 0 Å². The Labute approximate surface area is 187 Å². The van der Waals surface area contributed by atoms with Gasteiger partial charge >= 0.3 is 0 Å². The van der Waals surface area contributed by atoms with Gasteiger partial charge in [-0.3, -0.25) is 9.69 Å². The van der Waals surface area contributed by atoms with Crippen molar-refractivity contribution in [3.05, 3.63) is 24.3 Å². The summed E-state index contributed by atoms with van der Waals surface area (Å²) in [6.45, 7) is 7.12. The maximum atomic E-state index is 12.3. The first-order chi connectivity index (χ1) is 14.8. The van der Waals surface area contributed by atoms with Gasteiger partial charge in [0.15, 0.2) is 0 Å². The van der Waals surface area contributed by atoms with Gasteiger partial charge in [0.25, 0.3) is 0 Å². The van der Waals surface area contributed by atoms with E-state index in [2.05, 4.69) is 21.2 Å². The van der Waals surface area contributed by atoms with Gasteiger partial charge in [0.1, 0.15) is 0 Å². The van der Waals surface area contributed by atoms with Gasteiger partial charge in [0.05, 0.1) is 6.26 Å². The fourth-order valence-corrected chi connectivity index (χ4v) is 6.02. The van der Waals surface area contributed by atoms with Gasteiger partial charge in [0, 0.05) is 57.1 Å². The largest absolute Gasteiger partial charge is 0.369 e. The molecule has 7 nitrogen and oxygen atoms in total. The molecule has 1 amide bonds. The molecule has 1 heterocycles. The number of hydrogen-bond acceptors (Lipinski definition) is 5. The van der Waals surface area contributed by atoms with Crippen LogP contribution in [0.2, 0.25) is 0 Å². The van der Waals surface area contributed by atoms with Crippen LogP contribution in [-0.2, 0) is 14.8 Å². The van der Waals surface area contributed by atoms with Crippen LogP contribution in [0, 0.1) is 0 Å². The maximum Gasteiger partial charge on any atom is 0.221 e. The third kappa shape index (κ3) is 7.47. The molecule has 1 aromatic carbocycles. The van der Waals surface area contributed by atoms with E-state index < -0.39 is 10.0 Å². The molecular weight excluding hydrogens is 412 g/mol. The number of carbonyl (C=O) groups is 1. The molecule has 0 bridgehead atoms. The molecular formula is C23H38N4O3S. The van der Waals surface area contributed by atoms with Gasteiger partial charge in [-0.15, -0.1) is 0 Å². The average molecular weight is 451 g/mol. The van der Waals surface area contributed by atoms with Crippen LogP contribution in [0.25, 0.3) is 0 Å². The maximum absolute atomic E-state index is 12.3. The fraction of sp³-hybridized carbons (Fsp3) is 0.696. The molecule has 1 aliphatic heterocycles. The van der Waals surface area contributed by atoms with Gasteiger partial charge in [-0.05, 0) is 50.4 Å². The van der Waals surface area contributed by atoms with Crippen molar-refractivity contribution in [1.82, 2.24) is 9.21 Å².